The van der Waals surface area contributed by atoms with Crippen LogP contribution in [-0.2, 0) is 47.9 Å². The van der Waals surface area contributed by atoms with Crippen molar-refractivity contribution in [3.63, 3.8) is 0 Å². The summed E-state index contributed by atoms with van der Waals surface area (Å²) in [5.74, 6) is -6.78. The molecule has 0 spiro atoms. The van der Waals surface area contributed by atoms with Crippen LogP contribution in [0.5, 0.6) is 0 Å². The van der Waals surface area contributed by atoms with E-state index in [1.165, 1.54) is 14.0 Å². The lowest BCUT2D eigenvalue weighted by molar-refractivity contribution is -0.140. The summed E-state index contributed by atoms with van der Waals surface area (Å²) in [7, 11) is 2.89. The van der Waals surface area contributed by atoms with E-state index in [4.69, 9.17) is 14.9 Å². The third-order valence-corrected chi connectivity index (χ3v) is 5.26. The third kappa shape index (κ3) is 22.9. The molecular formula is C26H44N8O13. The fourth-order valence-corrected chi connectivity index (χ4v) is 3.09. The monoisotopic (exact) mass is 676 g/mol. The van der Waals surface area contributed by atoms with Gasteiger partial charge in [0, 0.05) is 6.92 Å². The van der Waals surface area contributed by atoms with E-state index in [0.717, 1.165) is 6.92 Å². The summed E-state index contributed by atoms with van der Waals surface area (Å²) in [6, 6.07) is -4.80. The van der Waals surface area contributed by atoms with E-state index in [-0.39, 0.29) is 18.5 Å². The molecule has 266 valence electrons. The van der Waals surface area contributed by atoms with Gasteiger partial charge in [-0.05, 0) is 41.8 Å². The lowest BCUT2D eigenvalue weighted by Crippen LogP contribution is -2.56. The van der Waals surface area contributed by atoms with Gasteiger partial charge in [-0.1, -0.05) is 0 Å². The molecule has 0 aromatic heterocycles. The second-order valence-electron chi connectivity index (χ2n) is 10.6. The number of carboxylic acids is 2. The maximum atomic E-state index is 12.4. The van der Waals surface area contributed by atoms with Crippen molar-refractivity contribution >= 4 is 59.6 Å². The molecule has 0 aromatic rings. The minimum Gasteiger partial charge on any atom is -0.481 e. The standard InChI is InChI=1S/C15H23N5O9.C11H21N3O4/c1-7(22)19-20-11(23)4-10(15(29)17-8(6-21)3-12(24)25)18-14(28)9(16-2)5-13(26)27;1-7(15)8(12-5)6-9(16)13-14-10(17)18-11(2,3)4/h6,8-10,16H,3-5H2,1-2H3,(H,17,29)(H,18,28)(H,19,22)(H,20,23)(H,24,25)(H,26,27);8,12H,6H2,1-5H3,(H,13,16)(H,14,17). The number of carboxylic acid groups (broad SMARTS) is 2. The molecule has 21 nitrogen and oxygen atoms in total. The molecule has 47 heavy (non-hydrogen) atoms. The van der Waals surface area contributed by atoms with Gasteiger partial charge in [0.2, 0.25) is 29.5 Å². The average Bonchev–Trinajstić information content (AvgIpc) is 2.94. The minimum atomic E-state index is -1.59. The Morgan fingerprint density at radius 1 is 0.660 bits per heavy atom. The van der Waals surface area contributed by atoms with Crippen LogP contribution in [0.4, 0.5) is 4.79 Å². The van der Waals surface area contributed by atoms with E-state index in [2.05, 4.69) is 32.1 Å². The molecule has 0 rings (SSSR count). The summed E-state index contributed by atoms with van der Waals surface area (Å²) in [6.45, 7) is 7.62. The van der Waals surface area contributed by atoms with Crippen LogP contribution < -0.4 is 43.0 Å². The second kappa shape index (κ2) is 22.3. The average molecular weight is 677 g/mol. The highest BCUT2D eigenvalue weighted by Crippen LogP contribution is 2.06. The number of rotatable bonds is 16. The van der Waals surface area contributed by atoms with E-state index in [1.807, 2.05) is 10.9 Å². The van der Waals surface area contributed by atoms with Crippen molar-refractivity contribution in [1.29, 1.82) is 0 Å². The predicted molar refractivity (Wildman–Crippen MR) is 160 cm³/mol. The van der Waals surface area contributed by atoms with Crippen LogP contribution in [0.15, 0.2) is 0 Å². The molecule has 6 amide bonds. The molecule has 0 aliphatic rings. The first-order valence-electron chi connectivity index (χ1n) is 13.8. The van der Waals surface area contributed by atoms with Crippen LogP contribution in [0.3, 0.4) is 0 Å². The van der Waals surface area contributed by atoms with Crippen molar-refractivity contribution in [2.75, 3.05) is 14.1 Å². The summed E-state index contributed by atoms with van der Waals surface area (Å²) in [4.78, 5) is 113. The Kier molecular flexibility index (Phi) is 20.9. The number of hydrogen-bond donors (Lipinski definition) is 10. The van der Waals surface area contributed by atoms with Gasteiger partial charge in [-0.25, -0.2) is 10.2 Å². The van der Waals surface area contributed by atoms with Crippen LogP contribution in [0.1, 0.15) is 60.3 Å². The molecule has 0 heterocycles. The van der Waals surface area contributed by atoms with Crippen LogP contribution in [0.25, 0.3) is 0 Å². The van der Waals surface area contributed by atoms with Crippen molar-refractivity contribution in [1.82, 2.24) is 43.0 Å². The number of carbonyl (C=O) groups is 10. The summed E-state index contributed by atoms with van der Waals surface area (Å²) in [5.41, 5.74) is 7.59. The van der Waals surface area contributed by atoms with Crippen LogP contribution in [0.2, 0.25) is 0 Å². The lowest BCUT2D eigenvalue weighted by Gasteiger charge is -2.22. The first-order chi connectivity index (χ1) is 21.6. The topological polar surface area (TPSA) is 317 Å². The fraction of sp³-hybridized carbons (Fsp3) is 0.615. The van der Waals surface area contributed by atoms with Crippen molar-refractivity contribution in [3.8, 4) is 0 Å². The normalized spacial score (nSPS) is 12.9. The molecule has 4 atom stereocenters. The SMILES string of the molecule is CNC(CC(=O)NNC(=O)OC(C)(C)C)C(C)=O.CNC(CC(=O)O)C(=O)NC(CC(=O)NNC(C)=O)C(=O)NC(C=O)CC(=O)O. The predicted octanol–water partition coefficient (Wildman–Crippen LogP) is -3.64. The zero-order valence-corrected chi connectivity index (χ0v) is 27.1. The van der Waals surface area contributed by atoms with Gasteiger partial charge in [-0.3, -0.25) is 54.6 Å². The highest BCUT2D eigenvalue weighted by Gasteiger charge is 2.30. The van der Waals surface area contributed by atoms with Gasteiger partial charge < -0.3 is 41.0 Å². The summed E-state index contributed by atoms with van der Waals surface area (Å²) in [5, 5.41) is 26.9. The smallest absolute Gasteiger partial charge is 0.426 e. The molecule has 0 aliphatic carbocycles. The number of amides is 6. The lowest BCUT2D eigenvalue weighted by atomic mass is 10.1. The number of ketones is 1. The molecule has 0 fully saturated rings. The quantitative estimate of drug-likeness (QED) is 0.0557. The van der Waals surface area contributed by atoms with Crippen LogP contribution in [-0.4, -0.2) is 114 Å². The van der Waals surface area contributed by atoms with Gasteiger partial charge in [0.15, 0.2) is 0 Å². The van der Waals surface area contributed by atoms with Crippen LogP contribution >= 0.6 is 0 Å². The molecule has 10 N–H and O–H groups in total. The molecular weight excluding hydrogens is 632 g/mol. The van der Waals surface area contributed by atoms with E-state index < -0.39 is 96.6 Å². The molecule has 0 bridgehead atoms. The molecule has 0 saturated carbocycles. The number of hydrazine groups is 2. The number of likely N-dealkylation sites (N-methyl/N-ethyl adjacent to an activating group) is 2. The van der Waals surface area contributed by atoms with Gasteiger partial charge in [-0.2, -0.15) is 0 Å². The third-order valence-electron chi connectivity index (χ3n) is 5.26. The molecule has 4 unspecified atom stereocenters. The van der Waals surface area contributed by atoms with Gasteiger partial charge in [0.25, 0.3) is 0 Å². The minimum absolute atomic E-state index is 0.0539. The van der Waals surface area contributed by atoms with E-state index in [0.29, 0.717) is 0 Å². The van der Waals surface area contributed by atoms with E-state index >= 15 is 0 Å². The van der Waals surface area contributed by atoms with Gasteiger partial charge >= 0.3 is 18.0 Å². The van der Waals surface area contributed by atoms with Crippen molar-refractivity contribution in [2.45, 2.75) is 90.1 Å². The Hall–Kier alpha value is -5.18. The fourth-order valence-electron chi connectivity index (χ4n) is 3.09. The Balaban J connectivity index is 0. The first kappa shape index (κ1) is 43.9. The number of Topliss-reactive ketones (excluding diaryl/α,β-unsaturated/α-hetero) is 1. The van der Waals surface area contributed by atoms with E-state index in [1.54, 1.807) is 27.8 Å². The number of hydrogen-bond acceptors (Lipinski definition) is 13. The largest absolute Gasteiger partial charge is 0.481 e. The first-order valence-corrected chi connectivity index (χ1v) is 13.8. The van der Waals surface area contributed by atoms with Gasteiger partial charge in [0.05, 0.1) is 43.8 Å². The maximum Gasteiger partial charge on any atom is 0.426 e. The second-order valence-corrected chi connectivity index (χ2v) is 10.6. The molecule has 0 aliphatic heterocycles. The van der Waals surface area contributed by atoms with Crippen molar-refractivity contribution < 1.29 is 62.9 Å². The van der Waals surface area contributed by atoms with Crippen LogP contribution in [0, 0.1) is 0 Å². The Labute approximate surface area is 270 Å². The zero-order chi connectivity index (χ0) is 36.9. The summed E-state index contributed by atoms with van der Waals surface area (Å²) >= 11 is 0. The molecule has 0 aromatic carbocycles. The number of aliphatic carboxylic acids is 2. The Morgan fingerprint density at radius 2 is 1.13 bits per heavy atom. The Bertz CT molecular complexity index is 1160. The highest BCUT2D eigenvalue weighted by atomic mass is 16.6. The number of ether oxygens (including phenoxy) is 1. The van der Waals surface area contributed by atoms with Crippen molar-refractivity contribution in [3.05, 3.63) is 0 Å². The number of aldehydes is 1. The zero-order valence-electron chi connectivity index (χ0n) is 27.1. The molecule has 0 radical (unpaired) electrons. The van der Waals surface area contributed by atoms with Gasteiger partial charge in [0.1, 0.15) is 23.7 Å². The van der Waals surface area contributed by atoms with Crippen molar-refractivity contribution in [2.24, 2.45) is 0 Å². The Morgan fingerprint density at radius 3 is 1.53 bits per heavy atom. The summed E-state index contributed by atoms with van der Waals surface area (Å²) in [6.07, 6.45) is -2.68. The number of carbonyl (C=O) groups excluding carboxylic acids is 8. The molecule has 0 saturated heterocycles. The van der Waals surface area contributed by atoms with E-state index in [9.17, 15) is 47.9 Å². The highest BCUT2D eigenvalue weighted by molar-refractivity contribution is 5.95. The maximum absolute atomic E-state index is 12.4. The number of nitrogens with one attached hydrogen (secondary N) is 8. The summed E-state index contributed by atoms with van der Waals surface area (Å²) < 4.78 is 4.92. The van der Waals surface area contributed by atoms with Gasteiger partial charge in [-0.15, -0.1) is 0 Å². The molecule has 21 heteroatoms.